The fourth-order valence-corrected chi connectivity index (χ4v) is 4.52. The van der Waals surface area contributed by atoms with Crippen molar-refractivity contribution in [1.29, 1.82) is 0 Å². The minimum atomic E-state index is -0.455. The summed E-state index contributed by atoms with van der Waals surface area (Å²) in [5.41, 5.74) is 5.22. The topological polar surface area (TPSA) is 65.7 Å². The Bertz CT molecular complexity index is 1180. The molecule has 2 aromatic carbocycles. The lowest BCUT2D eigenvalue weighted by atomic mass is 9.92. The summed E-state index contributed by atoms with van der Waals surface area (Å²) in [7, 11) is 0. The molecule has 0 radical (unpaired) electrons. The number of fused-ring (bicyclic) bond motifs is 1. The maximum absolute atomic E-state index is 13.6. The summed E-state index contributed by atoms with van der Waals surface area (Å²) >= 11 is 0. The van der Waals surface area contributed by atoms with Gasteiger partial charge in [0.15, 0.2) is 0 Å². The van der Waals surface area contributed by atoms with Crippen LogP contribution in [0, 0.1) is 13.8 Å². The fourth-order valence-electron chi connectivity index (χ4n) is 4.52. The van der Waals surface area contributed by atoms with Crippen LogP contribution < -0.4 is 10.3 Å². The molecule has 0 saturated carbocycles. The summed E-state index contributed by atoms with van der Waals surface area (Å²) in [6, 6.07) is 14.3. The number of nitrogens with zero attached hydrogens (tertiary/aromatic N) is 3. The Morgan fingerprint density at radius 1 is 0.939 bits per heavy atom. The first-order valence-corrected chi connectivity index (χ1v) is 11.5. The van der Waals surface area contributed by atoms with Crippen molar-refractivity contribution < 1.29 is 14.3 Å². The number of hydrogen-bond acceptors (Lipinski definition) is 4. The van der Waals surface area contributed by atoms with Crippen molar-refractivity contribution >= 4 is 6.09 Å². The zero-order chi connectivity index (χ0) is 23.5. The van der Waals surface area contributed by atoms with Gasteiger partial charge in [-0.05, 0) is 55.5 Å². The normalized spacial score (nSPS) is 13.3. The first-order valence-electron chi connectivity index (χ1n) is 11.5. The average Bonchev–Trinajstić information content (AvgIpc) is 2.97. The number of carbonyl (C=O) groups excluding carboxylic acids is 1. The van der Waals surface area contributed by atoms with Crippen molar-refractivity contribution in [3.8, 4) is 28.1 Å². The minimum Gasteiger partial charge on any atom is -0.391 e. The SMILES string of the molecule is CCN(CC)C(=O)Oc1c(-c2c(C)cc(-c3ccccc3)cc2C)c(=O)n2n1CCOCC2. The Morgan fingerprint density at radius 3 is 2.15 bits per heavy atom. The van der Waals surface area contributed by atoms with Gasteiger partial charge in [-0.25, -0.2) is 14.2 Å². The quantitative estimate of drug-likeness (QED) is 0.576. The Morgan fingerprint density at radius 2 is 1.55 bits per heavy atom. The van der Waals surface area contributed by atoms with E-state index in [-0.39, 0.29) is 5.56 Å². The summed E-state index contributed by atoms with van der Waals surface area (Å²) in [5, 5.41) is 0. The smallest absolute Gasteiger partial charge is 0.391 e. The number of rotatable bonds is 5. The van der Waals surface area contributed by atoms with Crippen molar-refractivity contribution in [2.75, 3.05) is 26.3 Å². The third-order valence-corrected chi connectivity index (χ3v) is 6.18. The molecule has 33 heavy (non-hydrogen) atoms. The Labute approximate surface area is 194 Å². The molecule has 0 unspecified atom stereocenters. The minimum absolute atomic E-state index is 0.165. The van der Waals surface area contributed by atoms with E-state index in [1.54, 1.807) is 14.3 Å². The molecule has 1 aliphatic heterocycles. The lowest BCUT2D eigenvalue weighted by Crippen LogP contribution is -2.34. The molecule has 0 bridgehead atoms. The molecule has 0 spiro atoms. The number of aryl methyl sites for hydroxylation is 2. The number of benzene rings is 2. The largest absolute Gasteiger partial charge is 0.416 e. The van der Waals surface area contributed by atoms with E-state index in [2.05, 4.69) is 24.3 Å². The van der Waals surface area contributed by atoms with Crippen LogP contribution >= 0.6 is 0 Å². The summed E-state index contributed by atoms with van der Waals surface area (Å²) < 4.78 is 14.9. The predicted molar refractivity (Wildman–Crippen MR) is 129 cm³/mol. The second kappa shape index (κ2) is 9.67. The number of ether oxygens (including phenoxy) is 2. The molecule has 7 heteroatoms. The highest BCUT2D eigenvalue weighted by Gasteiger charge is 2.29. The highest BCUT2D eigenvalue weighted by atomic mass is 16.6. The molecule has 0 fully saturated rings. The molecule has 0 N–H and O–H groups in total. The van der Waals surface area contributed by atoms with Gasteiger partial charge >= 0.3 is 6.09 Å². The lowest BCUT2D eigenvalue weighted by Gasteiger charge is -2.20. The van der Waals surface area contributed by atoms with Crippen LogP contribution in [0.25, 0.3) is 22.3 Å². The monoisotopic (exact) mass is 449 g/mol. The molecule has 3 aromatic rings. The van der Waals surface area contributed by atoms with Crippen LogP contribution in [0.15, 0.2) is 47.3 Å². The first-order chi connectivity index (χ1) is 16.0. The molecular formula is C26H31N3O4. The lowest BCUT2D eigenvalue weighted by molar-refractivity contribution is 0.135. The van der Waals surface area contributed by atoms with Crippen LogP contribution in [0.5, 0.6) is 5.88 Å². The van der Waals surface area contributed by atoms with Gasteiger partial charge in [0.1, 0.15) is 5.56 Å². The molecule has 174 valence electrons. The molecule has 4 rings (SSSR count). The second-order valence-electron chi connectivity index (χ2n) is 8.24. The molecule has 2 heterocycles. The molecule has 1 aromatic heterocycles. The Balaban J connectivity index is 1.89. The van der Waals surface area contributed by atoms with Crippen LogP contribution in [0.1, 0.15) is 25.0 Å². The van der Waals surface area contributed by atoms with Gasteiger partial charge in [-0.2, -0.15) is 0 Å². The van der Waals surface area contributed by atoms with Crippen LogP contribution in [0.3, 0.4) is 0 Å². The van der Waals surface area contributed by atoms with E-state index < -0.39 is 6.09 Å². The standard InChI is InChI=1S/C26H31N3O4/c1-5-27(6-2)26(31)33-25-23(24(30)28-12-14-32-15-13-29(25)28)22-18(3)16-21(17-19(22)4)20-10-8-7-9-11-20/h7-11,16-17H,5-6,12-15H2,1-4H3. The molecule has 7 nitrogen and oxygen atoms in total. The molecule has 0 saturated heterocycles. The number of amides is 1. The Hall–Kier alpha value is -3.32. The van der Waals surface area contributed by atoms with Crippen LogP contribution in [-0.2, 0) is 17.8 Å². The number of carbonyl (C=O) groups is 1. The van der Waals surface area contributed by atoms with Gasteiger partial charge in [0.25, 0.3) is 5.56 Å². The maximum Gasteiger partial charge on any atom is 0.416 e. The molecule has 0 aliphatic carbocycles. The van der Waals surface area contributed by atoms with Gasteiger partial charge in [-0.3, -0.25) is 4.79 Å². The highest BCUT2D eigenvalue weighted by molar-refractivity contribution is 5.81. The third kappa shape index (κ3) is 4.33. The van der Waals surface area contributed by atoms with Crippen molar-refractivity contribution in [2.24, 2.45) is 0 Å². The Kier molecular flexibility index (Phi) is 6.70. The van der Waals surface area contributed by atoms with Gasteiger partial charge in [-0.15, -0.1) is 0 Å². The summed E-state index contributed by atoms with van der Waals surface area (Å²) in [4.78, 5) is 28.1. The van der Waals surface area contributed by atoms with Gasteiger partial charge in [-0.1, -0.05) is 42.5 Å². The predicted octanol–water partition coefficient (Wildman–Crippen LogP) is 4.47. The second-order valence-corrected chi connectivity index (χ2v) is 8.24. The van der Waals surface area contributed by atoms with Crippen LogP contribution in [0.4, 0.5) is 4.79 Å². The number of hydrogen-bond donors (Lipinski definition) is 0. The van der Waals surface area contributed by atoms with Gasteiger partial charge in [0, 0.05) is 13.1 Å². The van der Waals surface area contributed by atoms with Gasteiger partial charge in [0.05, 0.1) is 26.3 Å². The maximum atomic E-state index is 13.6. The van der Waals surface area contributed by atoms with E-state index in [9.17, 15) is 9.59 Å². The summed E-state index contributed by atoms with van der Waals surface area (Å²) in [6.45, 7) is 10.6. The first kappa shape index (κ1) is 22.9. The van der Waals surface area contributed by atoms with Gasteiger partial charge < -0.3 is 14.4 Å². The highest BCUT2D eigenvalue weighted by Crippen LogP contribution is 2.36. The van der Waals surface area contributed by atoms with Crippen LogP contribution in [-0.4, -0.2) is 46.7 Å². The third-order valence-electron chi connectivity index (χ3n) is 6.18. The van der Waals surface area contributed by atoms with E-state index in [1.165, 1.54) is 0 Å². The van der Waals surface area contributed by atoms with E-state index in [0.29, 0.717) is 50.8 Å². The van der Waals surface area contributed by atoms with Crippen molar-refractivity contribution in [2.45, 2.75) is 40.8 Å². The summed E-state index contributed by atoms with van der Waals surface area (Å²) in [6.07, 6.45) is -0.455. The van der Waals surface area contributed by atoms with Crippen molar-refractivity contribution in [3.05, 3.63) is 63.9 Å². The van der Waals surface area contributed by atoms with Crippen LogP contribution in [0.2, 0.25) is 0 Å². The fraction of sp³-hybridized carbons (Fsp3) is 0.385. The van der Waals surface area contributed by atoms with E-state index in [1.807, 2.05) is 45.9 Å². The van der Waals surface area contributed by atoms with E-state index >= 15 is 0 Å². The zero-order valence-corrected chi connectivity index (χ0v) is 19.8. The van der Waals surface area contributed by atoms with Gasteiger partial charge in [0.2, 0.25) is 5.88 Å². The van der Waals surface area contributed by atoms with Crippen molar-refractivity contribution in [3.63, 3.8) is 0 Å². The van der Waals surface area contributed by atoms with Crippen molar-refractivity contribution in [1.82, 2.24) is 14.3 Å². The molecule has 1 aliphatic rings. The summed E-state index contributed by atoms with van der Waals surface area (Å²) in [5.74, 6) is 0.293. The van der Waals surface area contributed by atoms with E-state index in [4.69, 9.17) is 9.47 Å². The average molecular weight is 450 g/mol. The molecular weight excluding hydrogens is 418 g/mol. The molecule has 0 atom stereocenters. The zero-order valence-electron chi connectivity index (χ0n) is 19.8. The number of aromatic nitrogens is 2. The molecule has 1 amide bonds. The van der Waals surface area contributed by atoms with E-state index in [0.717, 1.165) is 27.8 Å².